The van der Waals surface area contributed by atoms with Crippen LogP contribution < -0.4 is 5.32 Å². The highest BCUT2D eigenvalue weighted by atomic mass is 15.0. The molecule has 0 fully saturated rings. The third kappa shape index (κ3) is 1.50. The molecule has 0 spiro atoms. The van der Waals surface area contributed by atoms with Crippen LogP contribution in [0.4, 0.5) is 0 Å². The molecule has 2 heteroatoms. The molecule has 1 aliphatic heterocycles. The summed E-state index contributed by atoms with van der Waals surface area (Å²) in [6, 6.07) is 0. The summed E-state index contributed by atoms with van der Waals surface area (Å²) in [6.45, 7) is 4.22. The fourth-order valence-corrected chi connectivity index (χ4v) is 1.17. The molecule has 0 aliphatic carbocycles. The van der Waals surface area contributed by atoms with Crippen LogP contribution in [0, 0.1) is 0 Å². The predicted octanol–water partition coefficient (Wildman–Crippen LogP) is 1.86. The second kappa shape index (κ2) is 3.37. The summed E-state index contributed by atoms with van der Waals surface area (Å²) in [4.78, 5) is 4.12. The average molecular weight is 150 g/mol. The van der Waals surface area contributed by atoms with Crippen LogP contribution in [0.3, 0.4) is 0 Å². The van der Waals surface area contributed by atoms with Crippen molar-refractivity contribution in [3.63, 3.8) is 0 Å². The molecular weight excluding hydrogens is 136 g/mol. The molecule has 0 unspecified atom stereocenters. The maximum absolute atomic E-state index is 4.12. The number of rotatable bonds is 1. The average Bonchev–Trinajstić information content (AvgIpc) is 2.34. The third-order valence-electron chi connectivity index (χ3n) is 1.74. The first-order valence-electron chi connectivity index (χ1n) is 3.90. The van der Waals surface area contributed by atoms with Crippen molar-refractivity contribution in [2.75, 3.05) is 7.05 Å². The van der Waals surface area contributed by atoms with E-state index < -0.39 is 0 Å². The summed E-state index contributed by atoms with van der Waals surface area (Å²) in [5.74, 6) is 0.990. The second-order valence-electron chi connectivity index (χ2n) is 2.57. The Balaban J connectivity index is 2.89. The zero-order chi connectivity index (χ0) is 8.27. The molecule has 0 saturated carbocycles. The molecule has 0 amide bonds. The van der Waals surface area contributed by atoms with Crippen LogP contribution in [-0.4, -0.2) is 12.9 Å². The first-order valence-corrected chi connectivity index (χ1v) is 3.90. The van der Waals surface area contributed by atoms with Gasteiger partial charge in [-0.1, -0.05) is 13.0 Å². The lowest BCUT2D eigenvalue weighted by atomic mass is 10.1. The Kier molecular flexibility index (Phi) is 2.47. The van der Waals surface area contributed by atoms with Gasteiger partial charge in [0.05, 0.1) is 0 Å². The lowest BCUT2D eigenvalue weighted by Crippen LogP contribution is -2.12. The van der Waals surface area contributed by atoms with E-state index >= 15 is 0 Å². The van der Waals surface area contributed by atoms with Crippen molar-refractivity contribution in [2.24, 2.45) is 4.99 Å². The molecule has 0 bridgehead atoms. The minimum absolute atomic E-state index is 0.990. The third-order valence-corrected chi connectivity index (χ3v) is 1.74. The van der Waals surface area contributed by atoms with Crippen LogP contribution in [0.25, 0.3) is 0 Å². The predicted molar refractivity (Wildman–Crippen MR) is 48.6 cm³/mol. The lowest BCUT2D eigenvalue weighted by molar-refractivity contribution is 1.20. The monoisotopic (exact) mass is 150 g/mol. The molecule has 60 valence electrons. The number of aliphatic imine (C=N–C) groups is 1. The molecule has 2 nitrogen and oxygen atoms in total. The molecular formula is C9H14N2. The molecule has 1 rings (SSSR count). The maximum Gasteiger partial charge on any atom is 0.131 e. The SMILES string of the molecule is CC/C=C1/C(C)=CNC1=NC. The van der Waals surface area contributed by atoms with Gasteiger partial charge in [0, 0.05) is 18.8 Å². The van der Waals surface area contributed by atoms with E-state index in [0.29, 0.717) is 0 Å². The van der Waals surface area contributed by atoms with E-state index in [1.165, 1.54) is 11.1 Å². The van der Waals surface area contributed by atoms with Crippen LogP contribution in [0.5, 0.6) is 0 Å². The van der Waals surface area contributed by atoms with Crippen molar-refractivity contribution in [1.82, 2.24) is 5.32 Å². The molecule has 0 radical (unpaired) electrons. The van der Waals surface area contributed by atoms with E-state index in [4.69, 9.17) is 0 Å². The van der Waals surface area contributed by atoms with Crippen molar-refractivity contribution in [3.8, 4) is 0 Å². The molecule has 11 heavy (non-hydrogen) atoms. The Hall–Kier alpha value is -1.05. The van der Waals surface area contributed by atoms with E-state index in [9.17, 15) is 0 Å². The number of amidine groups is 1. The van der Waals surface area contributed by atoms with Gasteiger partial charge in [-0.15, -0.1) is 0 Å². The summed E-state index contributed by atoms with van der Waals surface area (Å²) >= 11 is 0. The molecule has 0 aromatic rings. The summed E-state index contributed by atoms with van der Waals surface area (Å²) in [5.41, 5.74) is 2.52. The van der Waals surface area contributed by atoms with Gasteiger partial charge in [-0.25, -0.2) is 0 Å². The van der Waals surface area contributed by atoms with Gasteiger partial charge in [0.15, 0.2) is 0 Å². The minimum Gasteiger partial charge on any atom is -0.346 e. The van der Waals surface area contributed by atoms with Gasteiger partial charge in [0.25, 0.3) is 0 Å². The number of nitrogens with zero attached hydrogens (tertiary/aromatic N) is 1. The largest absolute Gasteiger partial charge is 0.346 e. The first-order chi connectivity index (χ1) is 5.29. The molecule has 0 aromatic heterocycles. The maximum atomic E-state index is 4.12. The summed E-state index contributed by atoms with van der Waals surface area (Å²) in [6.07, 6.45) is 5.24. The number of allylic oxidation sites excluding steroid dienone is 1. The fourth-order valence-electron chi connectivity index (χ4n) is 1.17. The lowest BCUT2D eigenvalue weighted by Gasteiger charge is -1.99. The van der Waals surface area contributed by atoms with E-state index in [2.05, 4.69) is 30.2 Å². The Morgan fingerprint density at radius 1 is 1.64 bits per heavy atom. The van der Waals surface area contributed by atoms with Crippen molar-refractivity contribution >= 4 is 5.84 Å². The van der Waals surface area contributed by atoms with Gasteiger partial charge in [-0.2, -0.15) is 0 Å². The topological polar surface area (TPSA) is 24.4 Å². The highest BCUT2D eigenvalue weighted by Crippen LogP contribution is 2.15. The Morgan fingerprint density at radius 3 is 2.91 bits per heavy atom. The quantitative estimate of drug-likeness (QED) is 0.606. The Morgan fingerprint density at radius 2 is 2.36 bits per heavy atom. The van der Waals surface area contributed by atoms with E-state index in [1.807, 2.05) is 6.20 Å². The number of hydrogen-bond acceptors (Lipinski definition) is 1. The summed E-state index contributed by atoms with van der Waals surface area (Å²) < 4.78 is 0. The molecule has 0 atom stereocenters. The van der Waals surface area contributed by atoms with Crippen LogP contribution in [0.2, 0.25) is 0 Å². The van der Waals surface area contributed by atoms with Crippen molar-refractivity contribution in [3.05, 3.63) is 23.4 Å². The number of hydrogen-bond donors (Lipinski definition) is 1. The van der Waals surface area contributed by atoms with Crippen molar-refractivity contribution in [1.29, 1.82) is 0 Å². The van der Waals surface area contributed by atoms with Gasteiger partial charge in [-0.3, -0.25) is 4.99 Å². The van der Waals surface area contributed by atoms with E-state index in [1.54, 1.807) is 7.05 Å². The molecule has 1 N–H and O–H groups in total. The summed E-state index contributed by atoms with van der Waals surface area (Å²) in [7, 11) is 1.80. The standard InChI is InChI=1S/C9H14N2/c1-4-5-8-7(2)6-11-9(8)10-3/h5-6H,4H2,1-3H3,(H,10,11)/b8-5-. The zero-order valence-corrected chi connectivity index (χ0v) is 7.31. The van der Waals surface area contributed by atoms with Crippen LogP contribution in [0.1, 0.15) is 20.3 Å². The van der Waals surface area contributed by atoms with Gasteiger partial charge in [-0.05, 0) is 18.9 Å². The zero-order valence-electron chi connectivity index (χ0n) is 7.31. The summed E-state index contributed by atoms with van der Waals surface area (Å²) in [5, 5.41) is 3.11. The number of nitrogens with one attached hydrogen (secondary N) is 1. The van der Waals surface area contributed by atoms with Crippen LogP contribution in [-0.2, 0) is 0 Å². The van der Waals surface area contributed by atoms with Crippen LogP contribution in [0.15, 0.2) is 28.4 Å². The second-order valence-corrected chi connectivity index (χ2v) is 2.57. The molecule has 0 aromatic carbocycles. The first kappa shape index (κ1) is 8.05. The van der Waals surface area contributed by atoms with Gasteiger partial charge < -0.3 is 5.32 Å². The minimum atomic E-state index is 0.990. The van der Waals surface area contributed by atoms with Gasteiger partial charge in [0.1, 0.15) is 5.84 Å². The highest BCUT2D eigenvalue weighted by molar-refractivity contribution is 6.05. The van der Waals surface area contributed by atoms with Gasteiger partial charge >= 0.3 is 0 Å². The molecule has 1 aliphatic rings. The van der Waals surface area contributed by atoms with Crippen molar-refractivity contribution < 1.29 is 0 Å². The molecule has 1 heterocycles. The fraction of sp³-hybridized carbons (Fsp3) is 0.444. The Labute approximate surface area is 67.7 Å². The van der Waals surface area contributed by atoms with E-state index in [-0.39, 0.29) is 0 Å². The van der Waals surface area contributed by atoms with Crippen LogP contribution >= 0.6 is 0 Å². The smallest absolute Gasteiger partial charge is 0.131 e. The van der Waals surface area contributed by atoms with Gasteiger partial charge in [0.2, 0.25) is 0 Å². The normalized spacial score (nSPS) is 24.1. The Bertz CT molecular complexity index is 234. The molecule has 0 saturated heterocycles. The van der Waals surface area contributed by atoms with E-state index in [0.717, 1.165) is 12.3 Å². The van der Waals surface area contributed by atoms with Crippen molar-refractivity contribution in [2.45, 2.75) is 20.3 Å². The highest BCUT2D eigenvalue weighted by Gasteiger charge is 2.12.